The van der Waals surface area contributed by atoms with E-state index in [2.05, 4.69) is 11.9 Å². The second-order valence-electron chi connectivity index (χ2n) is 6.80. The highest BCUT2D eigenvalue weighted by Crippen LogP contribution is 2.38. The molecule has 2 amide bonds. The second kappa shape index (κ2) is 8.44. The van der Waals surface area contributed by atoms with E-state index in [1.54, 1.807) is 19.0 Å². The summed E-state index contributed by atoms with van der Waals surface area (Å²) in [4.78, 5) is 28.2. The molecule has 1 heterocycles. The fourth-order valence-electron chi connectivity index (χ4n) is 3.25. The van der Waals surface area contributed by atoms with Crippen LogP contribution in [0.1, 0.15) is 5.56 Å². The standard InChI is InChI=1S/C19H20ClF4N3O2/c1-5-10(16(20)26(2)3)11-9-27(4)18(29)14(11)17(28)25-13-8-6-7-12(21)15(13)19(22,23)24/h5-8,11,14H,1,9H2,2-4H3,(H,25,28)/b16-10+/t11-,14+/m1/s1. The minimum absolute atomic E-state index is 0.123. The van der Waals surface area contributed by atoms with Crippen molar-refractivity contribution >= 4 is 29.1 Å². The quantitative estimate of drug-likeness (QED) is 0.333. The van der Waals surface area contributed by atoms with E-state index in [4.69, 9.17) is 11.6 Å². The van der Waals surface area contributed by atoms with Crippen LogP contribution < -0.4 is 5.32 Å². The summed E-state index contributed by atoms with van der Waals surface area (Å²) in [7, 11) is 4.78. The van der Waals surface area contributed by atoms with Crippen LogP contribution >= 0.6 is 11.6 Å². The van der Waals surface area contributed by atoms with Crippen molar-refractivity contribution in [2.45, 2.75) is 6.18 Å². The molecule has 2 atom stereocenters. The van der Waals surface area contributed by atoms with Gasteiger partial charge in [-0.15, -0.1) is 0 Å². The number of likely N-dealkylation sites (tertiary alicyclic amines) is 1. The van der Waals surface area contributed by atoms with Crippen molar-refractivity contribution in [3.8, 4) is 0 Å². The lowest BCUT2D eigenvalue weighted by molar-refractivity contribution is -0.139. The number of carbonyl (C=O) groups is 2. The number of halogens is 5. The van der Waals surface area contributed by atoms with Crippen molar-refractivity contribution in [2.75, 3.05) is 33.0 Å². The van der Waals surface area contributed by atoms with Gasteiger partial charge in [-0.3, -0.25) is 9.59 Å². The predicted octanol–water partition coefficient (Wildman–Crippen LogP) is 3.69. The van der Waals surface area contributed by atoms with Gasteiger partial charge in [0.15, 0.2) is 0 Å². The zero-order valence-corrected chi connectivity index (χ0v) is 16.7. The molecule has 0 bridgehead atoms. The van der Waals surface area contributed by atoms with Gasteiger partial charge in [0.25, 0.3) is 0 Å². The van der Waals surface area contributed by atoms with Crippen molar-refractivity contribution in [3.05, 3.63) is 53.0 Å². The maximum atomic E-state index is 13.8. The Morgan fingerprint density at radius 2 is 2.00 bits per heavy atom. The zero-order chi connectivity index (χ0) is 22.1. The molecule has 1 aromatic carbocycles. The summed E-state index contributed by atoms with van der Waals surface area (Å²) in [6.45, 7) is 3.79. The Hall–Kier alpha value is -2.55. The first-order valence-corrected chi connectivity index (χ1v) is 8.88. The molecule has 0 aliphatic carbocycles. The fourth-order valence-corrected chi connectivity index (χ4v) is 3.46. The molecule has 29 heavy (non-hydrogen) atoms. The largest absolute Gasteiger partial charge is 0.421 e. The third-order valence-electron chi connectivity index (χ3n) is 4.60. The molecule has 1 fully saturated rings. The summed E-state index contributed by atoms with van der Waals surface area (Å²) in [5, 5.41) is 2.31. The third kappa shape index (κ3) is 4.55. The molecule has 10 heteroatoms. The molecule has 158 valence electrons. The third-order valence-corrected chi connectivity index (χ3v) is 5.16. The Balaban J connectivity index is 2.46. The van der Waals surface area contributed by atoms with E-state index in [1.165, 1.54) is 18.0 Å². The molecule has 0 unspecified atom stereocenters. The number of benzene rings is 1. The maximum Gasteiger partial charge on any atom is 0.421 e. The van der Waals surface area contributed by atoms with Crippen molar-refractivity contribution in [1.29, 1.82) is 0 Å². The van der Waals surface area contributed by atoms with Gasteiger partial charge in [0, 0.05) is 33.6 Å². The number of alkyl halides is 3. The Bertz CT molecular complexity index is 868. The van der Waals surface area contributed by atoms with Crippen LogP contribution in [0, 0.1) is 17.7 Å². The van der Waals surface area contributed by atoms with Crippen molar-refractivity contribution in [1.82, 2.24) is 9.80 Å². The SMILES string of the molecule is C=C/C(=C(/Cl)N(C)C)[C@H]1CN(C)C(=O)[C@@H]1C(=O)Nc1cccc(F)c1C(F)(F)F. The summed E-state index contributed by atoms with van der Waals surface area (Å²) >= 11 is 6.27. The van der Waals surface area contributed by atoms with Gasteiger partial charge in [-0.05, 0) is 17.7 Å². The van der Waals surface area contributed by atoms with Gasteiger partial charge in [0.2, 0.25) is 11.8 Å². The average molecular weight is 434 g/mol. The average Bonchev–Trinajstić information content (AvgIpc) is 2.89. The molecule has 1 aromatic rings. The lowest BCUT2D eigenvalue weighted by atomic mass is 9.87. The number of nitrogens with one attached hydrogen (secondary N) is 1. The van der Waals surface area contributed by atoms with Crippen LogP contribution in [0.3, 0.4) is 0 Å². The molecular formula is C19H20ClF4N3O2. The highest BCUT2D eigenvalue weighted by molar-refractivity contribution is 6.29. The van der Waals surface area contributed by atoms with E-state index in [9.17, 15) is 27.2 Å². The number of hydrogen-bond donors (Lipinski definition) is 1. The van der Waals surface area contributed by atoms with Crippen LogP contribution in [0.25, 0.3) is 0 Å². The number of nitrogens with zero attached hydrogens (tertiary/aromatic N) is 2. The molecule has 2 rings (SSSR count). The minimum Gasteiger partial charge on any atom is -0.368 e. The van der Waals surface area contributed by atoms with Crippen molar-refractivity contribution < 1.29 is 27.2 Å². The normalized spacial score (nSPS) is 20.4. The van der Waals surface area contributed by atoms with Gasteiger partial charge in [-0.2, -0.15) is 13.2 Å². The Morgan fingerprint density at radius 3 is 2.52 bits per heavy atom. The summed E-state index contributed by atoms with van der Waals surface area (Å²) < 4.78 is 53.4. The number of rotatable bonds is 5. The van der Waals surface area contributed by atoms with E-state index in [1.807, 2.05) is 0 Å². The first kappa shape index (κ1) is 22.7. The predicted molar refractivity (Wildman–Crippen MR) is 101 cm³/mol. The first-order chi connectivity index (χ1) is 13.4. The molecule has 0 spiro atoms. The van der Waals surface area contributed by atoms with Crippen LogP contribution in [0.15, 0.2) is 41.6 Å². The number of carbonyl (C=O) groups excluding carboxylic acids is 2. The number of hydrogen-bond acceptors (Lipinski definition) is 3. The lowest BCUT2D eigenvalue weighted by Gasteiger charge is -2.22. The molecule has 0 saturated carbocycles. The molecule has 1 aliphatic rings. The maximum absolute atomic E-state index is 13.8. The monoisotopic (exact) mass is 433 g/mol. The molecule has 5 nitrogen and oxygen atoms in total. The van der Waals surface area contributed by atoms with E-state index in [0.29, 0.717) is 11.6 Å². The van der Waals surface area contributed by atoms with Gasteiger partial charge >= 0.3 is 6.18 Å². The van der Waals surface area contributed by atoms with Crippen molar-refractivity contribution in [2.24, 2.45) is 11.8 Å². The van der Waals surface area contributed by atoms with E-state index in [-0.39, 0.29) is 11.7 Å². The Labute approximate surface area is 170 Å². The topological polar surface area (TPSA) is 52.7 Å². The van der Waals surface area contributed by atoms with Gasteiger partial charge in [-0.1, -0.05) is 30.3 Å². The fraction of sp³-hybridized carbons (Fsp3) is 0.368. The van der Waals surface area contributed by atoms with Crippen LogP contribution in [0.5, 0.6) is 0 Å². The first-order valence-electron chi connectivity index (χ1n) is 8.51. The number of anilines is 1. The van der Waals surface area contributed by atoms with Gasteiger partial charge in [0.05, 0.1) is 5.69 Å². The highest BCUT2D eigenvalue weighted by atomic mass is 35.5. The minimum atomic E-state index is -5.02. The summed E-state index contributed by atoms with van der Waals surface area (Å²) in [6.07, 6.45) is -3.62. The molecule has 1 saturated heterocycles. The molecular weight excluding hydrogens is 414 g/mol. The highest BCUT2D eigenvalue weighted by Gasteiger charge is 2.46. The summed E-state index contributed by atoms with van der Waals surface area (Å²) in [5.74, 6) is -5.17. The molecule has 1 N–H and O–H groups in total. The van der Waals surface area contributed by atoms with Crippen LogP contribution in [0.2, 0.25) is 0 Å². The van der Waals surface area contributed by atoms with Crippen LogP contribution in [-0.2, 0) is 15.8 Å². The van der Waals surface area contributed by atoms with E-state index >= 15 is 0 Å². The smallest absolute Gasteiger partial charge is 0.368 e. The Morgan fingerprint density at radius 1 is 1.38 bits per heavy atom. The zero-order valence-electron chi connectivity index (χ0n) is 16.0. The Kier molecular flexibility index (Phi) is 6.62. The summed E-state index contributed by atoms with van der Waals surface area (Å²) in [5.41, 5.74) is -1.95. The van der Waals surface area contributed by atoms with Gasteiger partial charge < -0.3 is 15.1 Å². The molecule has 0 aromatic heterocycles. The summed E-state index contributed by atoms with van der Waals surface area (Å²) in [6, 6.07) is 2.61. The van der Waals surface area contributed by atoms with E-state index in [0.717, 1.165) is 12.1 Å². The number of amides is 2. The van der Waals surface area contributed by atoms with Gasteiger partial charge in [0.1, 0.15) is 22.5 Å². The lowest BCUT2D eigenvalue weighted by Crippen LogP contribution is -2.34. The van der Waals surface area contributed by atoms with Crippen LogP contribution in [0.4, 0.5) is 23.2 Å². The molecule has 0 radical (unpaired) electrons. The van der Waals surface area contributed by atoms with Crippen LogP contribution in [-0.4, -0.2) is 49.3 Å². The van der Waals surface area contributed by atoms with E-state index < -0.39 is 46.9 Å². The number of allylic oxidation sites excluding steroid dienone is 1. The second-order valence-corrected chi connectivity index (χ2v) is 7.16. The van der Waals surface area contributed by atoms with Gasteiger partial charge in [-0.25, -0.2) is 4.39 Å². The van der Waals surface area contributed by atoms with Crippen molar-refractivity contribution in [3.63, 3.8) is 0 Å². The molecule has 1 aliphatic heterocycles.